The van der Waals surface area contributed by atoms with Gasteiger partial charge in [-0.3, -0.25) is 0 Å². The van der Waals surface area contributed by atoms with Crippen LogP contribution in [0.3, 0.4) is 0 Å². The summed E-state index contributed by atoms with van der Waals surface area (Å²) < 4.78 is 11.3. The van der Waals surface area contributed by atoms with E-state index in [0.29, 0.717) is 0 Å². The van der Waals surface area contributed by atoms with Gasteiger partial charge in [-0.15, -0.1) is 0 Å². The summed E-state index contributed by atoms with van der Waals surface area (Å²) in [6, 6.07) is 10.0. The van der Waals surface area contributed by atoms with Crippen LogP contribution in [0.1, 0.15) is 58.3 Å². The maximum atomic E-state index is 5.66. The molecule has 20 heavy (non-hydrogen) atoms. The number of benzene rings is 1. The van der Waals surface area contributed by atoms with Gasteiger partial charge in [-0.2, -0.15) is 0 Å². The van der Waals surface area contributed by atoms with Crippen LogP contribution in [0.2, 0.25) is 0 Å². The highest BCUT2D eigenvalue weighted by molar-refractivity contribution is 5.20. The van der Waals surface area contributed by atoms with Crippen molar-refractivity contribution in [3.8, 4) is 5.75 Å². The molecule has 2 nitrogen and oxygen atoms in total. The van der Waals surface area contributed by atoms with Gasteiger partial charge in [0.15, 0.2) is 0 Å². The molecule has 0 fully saturated rings. The van der Waals surface area contributed by atoms with Crippen molar-refractivity contribution in [2.75, 3.05) is 19.8 Å². The first-order valence-corrected chi connectivity index (χ1v) is 8.19. The predicted octanol–water partition coefficient (Wildman–Crippen LogP) is 5.22. The van der Waals surface area contributed by atoms with E-state index in [0.717, 1.165) is 32.0 Å². The minimum atomic E-state index is 0.821. The van der Waals surface area contributed by atoms with E-state index in [1.54, 1.807) is 0 Å². The molecular formula is C18H30O2. The molecule has 0 unspecified atom stereocenters. The van der Waals surface area contributed by atoms with Gasteiger partial charge in [-0.05, 0) is 37.8 Å². The summed E-state index contributed by atoms with van der Waals surface area (Å²) in [6.07, 6.45) is 9.95. The van der Waals surface area contributed by atoms with Crippen LogP contribution in [0, 0.1) is 0 Å². The van der Waals surface area contributed by atoms with E-state index in [1.165, 1.54) is 44.9 Å². The Morgan fingerprint density at radius 3 is 1.95 bits per heavy atom. The molecule has 114 valence electrons. The average Bonchev–Trinajstić information content (AvgIpc) is 2.49. The maximum absolute atomic E-state index is 5.66. The van der Waals surface area contributed by atoms with Crippen LogP contribution < -0.4 is 4.74 Å². The number of hydrogen-bond acceptors (Lipinski definition) is 2. The Balaban J connectivity index is 1.77. The Morgan fingerprint density at radius 1 is 0.700 bits per heavy atom. The fourth-order valence-electron chi connectivity index (χ4n) is 2.10. The van der Waals surface area contributed by atoms with Crippen LogP contribution in [-0.2, 0) is 4.74 Å². The van der Waals surface area contributed by atoms with Crippen LogP contribution in [-0.4, -0.2) is 19.8 Å². The Bertz CT molecular complexity index is 298. The summed E-state index contributed by atoms with van der Waals surface area (Å²) in [5.41, 5.74) is 0. The SMILES string of the molecule is CCCCCCOCCCCCCOc1ccccc1. The molecule has 0 heterocycles. The molecule has 1 aromatic rings. The van der Waals surface area contributed by atoms with Crippen molar-refractivity contribution < 1.29 is 9.47 Å². The van der Waals surface area contributed by atoms with Crippen molar-refractivity contribution in [2.45, 2.75) is 58.3 Å². The van der Waals surface area contributed by atoms with Gasteiger partial charge in [-0.1, -0.05) is 50.8 Å². The zero-order valence-electron chi connectivity index (χ0n) is 13.0. The monoisotopic (exact) mass is 278 g/mol. The third-order valence-electron chi connectivity index (χ3n) is 3.34. The van der Waals surface area contributed by atoms with E-state index in [-0.39, 0.29) is 0 Å². The van der Waals surface area contributed by atoms with E-state index in [1.807, 2.05) is 30.3 Å². The van der Waals surface area contributed by atoms with E-state index >= 15 is 0 Å². The Kier molecular flexibility index (Phi) is 11.1. The number of ether oxygens (including phenoxy) is 2. The van der Waals surface area contributed by atoms with Crippen molar-refractivity contribution in [3.05, 3.63) is 30.3 Å². The average molecular weight is 278 g/mol. The fraction of sp³-hybridized carbons (Fsp3) is 0.667. The second-order valence-corrected chi connectivity index (χ2v) is 5.25. The van der Waals surface area contributed by atoms with Gasteiger partial charge in [0, 0.05) is 13.2 Å². The molecule has 0 saturated carbocycles. The molecule has 0 amide bonds. The largest absolute Gasteiger partial charge is 0.494 e. The molecule has 1 rings (SSSR count). The van der Waals surface area contributed by atoms with Crippen LogP contribution in [0.25, 0.3) is 0 Å². The topological polar surface area (TPSA) is 18.5 Å². The standard InChI is InChI=1S/C18H30O2/c1-2-3-4-10-15-19-16-11-5-6-12-17-20-18-13-8-7-9-14-18/h7-9,13-14H,2-6,10-12,15-17H2,1H3. The number of unbranched alkanes of at least 4 members (excludes halogenated alkanes) is 6. The third kappa shape index (κ3) is 9.85. The molecule has 0 N–H and O–H groups in total. The maximum Gasteiger partial charge on any atom is 0.119 e. The summed E-state index contributed by atoms with van der Waals surface area (Å²) >= 11 is 0. The van der Waals surface area contributed by atoms with Gasteiger partial charge in [0.05, 0.1) is 6.61 Å². The predicted molar refractivity (Wildman–Crippen MR) is 85.4 cm³/mol. The van der Waals surface area contributed by atoms with Crippen LogP contribution >= 0.6 is 0 Å². The molecule has 0 saturated heterocycles. The lowest BCUT2D eigenvalue weighted by molar-refractivity contribution is 0.125. The highest BCUT2D eigenvalue weighted by Gasteiger charge is 1.94. The lowest BCUT2D eigenvalue weighted by atomic mass is 10.2. The van der Waals surface area contributed by atoms with E-state index < -0.39 is 0 Å². The number of para-hydroxylation sites is 1. The molecule has 0 aliphatic rings. The van der Waals surface area contributed by atoms with Gasteiger partial charge in [0.25, 0.3) is 0 Å². The molecule has 0 aromatic heterocycles. The smallest absolute Gasteiger partial charge is 0.119 e. The summed E-state index contributed by atoms with van der Waals surface area (Å²) in [4.78, 5) is 0. The van der Waals surface area contributed by atoms with Crippen molar-refractivity contribution >= 4 is 0 Å². The third-order valence-corrected chi connectivity index (χ3v) is 3.34. The normalized spacial score (nSPS) is 10.7. The second kappa shape index (κ2) is 13.0. The molecule has 0 atom stereocenters. The van der Waals surface area contributed by atoms with Crippen molar-refractivity contribution in [2.24, 2.45) is 0 Å². The number of rotatable bonds is 13. The fourth-order valence-corrected chi connectivity index (χ4v) is 2.10. The van der Waals surface area contributed by atoms with Gasteiger partial charge in [-0.25, -0.2) is 0 Å². The minimum absolute atomic E-state index is 0.821. The van der Waals surface area contributed by atoms with Crippen LogP contribution in [0.5, 0.6) is 5.75 Å². The molecule has 0 aliphatic carbocycles. The summed E-state index contributed by atoms with van der Waals surface area (Å²) in [5.74, 6) is 0.975. The lowest BCUT2D eigenvalue weighted by Gasteiger charge is -2.06. The van der Waals surface area contributed by atoms with Crippen molar-refractivity contribution in [1.82, 2.24) is 0 Å². The zero-order valence-corrected chi connectivity index (χ0v) is 13.0. The molecule has 2 heteroatoms. The Hall–Kier alpha value is -1.02. The lowest BCUT2D eigenvalue weighted by Crippen LogP contribution is -1.99. The molecule has 1 aromatic carbocycles. The van der Waals surface area contributed by atoms with Crippen LogP contribution in [0.15, 0.2) is 30.3 Å². The van der Waals surface area contributed by atoms with E-state index in [9.17, 15) is 0 Å². The highest BCUT2D eigenvalue weighted by atomic mass is 16.5. The van der Waals surface area contributed by atoms with E-state index in [2.05, 4.69) is 6.92 Å². The molecule has 0 radical (unpaired) electrons. The molecular weight excluding hydrogens is 248 g/mol. The Morgan fingerprint density at radius 2 is 1.30 bits per heavy atom. The second-order valence-electron chi connectivity index (χ2n) is 5.25. The summed E-state index contributed by atoms with van der Waals surface area (Å²) in [6.45, 7) is 4.92. The highest BCUT2D eigenvalue weighted by Crippen LogP contribution is 2.09. The van der Waals surface area contributed by atoms with E-state index in [4.69, 9.17) is 9.47 Å². The number of hydrogen-bond donors (Lipinski definition) is 0. The summed E-state index contributed by atoms with van der Waals surface area (Å²) in [5, 5.41) is 0. The Labute approximate surface area is 124 Å². The quantitative estimate of drug-likeness (QED) is 0.460. The minimum Gasteiger partial charge on any atom is -0.494 e. The van der Waals surface area contributed by atoms with Crippen LogP contribution in [0.4, 0.5) is 0 Å². The first kappa shape index (κ1) is 17.0. The molecule has 0 spiro atoms. The zero-order chi connectivity index (χ0) is 14.3. The summed E-state index contributed by atoms with van der Waals surface area (Å²) in [7, 11) is 0. The van der Waals surface area contributed by atoms with Crippen molar-refractivity contribution in [3.63, 3.8) is 0 Å². The first-order valence-electron chi connectivity index (χ1n) is 8.19. The van der Waals surface area contributed by atoms with Crippen molar-refractivity contribution in [1.29, 1.82) is 0 Å². The van der Waals surface area contributed by atoms with Gasteiger partial charge >= 0.3 is 0 Å². The first-order chi connectivity index (χ1) is 9.93. The van der Waals surface area contributed by atoms with Gasteiger partial charge in [0.1, 0.15) is 5.75 Å². The van der Waals surface area contributed by atoms with Gasteiger partial charge < -0.3 is 9.47 Å². The van der Waals surface area contributed by atoms with Gasteiger partial charge in [0.2, 0.25) is 0 Å². The molecule has 0 bridgehead atoms. The molecule has 0 aliphatic heterocycles.